The SMILES string of the molecule is CCCCCC(CCCCC)(COC)CN(C)C. The molecule has 18 heavy (non-hydrogen) atoms. The van der Waals surface area contributed by atoms with Gasteiger partial charge in [0, 0.05) is 19.1 Å². The molecule has 2 heteroatoms. The van der Waals surface area contributed by atoms with Crippen molar-refractivity contribution in [1.82, 2.24) is 4.90 Å². The van der Waals surface area contributed by atoms with Crippen LogP contribution in [-0.4, -0.2) is 39.3 Å². The van der Waals surface area contributed by atoms with E-state index in [2.05, 4.69) is 32.8 Å². The van der Waals surface area contributed by atoms with E-state index in [4.69, 9.17) is 4.74 Å². The van der Waals surface area contributed by atoms with Crippen molar-refractivity contribution in [3.05, 3.63) is 0 Å². The summed E-state index contributed by atoms with van der Waals surface area (Å²) in [6.45, 7) is 6.63. The lowest BCUT2D eigenvalue weighted by Crippen LogP contribution is -2.37. The van der Waals surface area contributed by atoms with Crippen LogP contribution >= 0.6 is 0 Å². The van der Waals surface area contributed by atoms with Gasteiger partial charge in [0.25, 0.3) is 0 Å². The van der Waals surface area contributed by atoms with E-state index >= 15 is 0 Å². The van der Waals surface area contributed by atoms with Crippen molar-refractivity contribution in [3.63, 3.8) is 0 Å². The summed E-state index contributed by atoms with van der Waals surface area (Å²) in [4.78, 5) is 2.33. The molecule has 0 atom stereocenters. The van der Waals surface area contributed by atoms with Crippen molar-refractivity contribution in [1.29, 1.82) is 0 Å². The summed E-state index contributed by atoms with van der Waals surface area (Å²) >= 11 is 0. The standard InChI is InChI=1S/C16H35NO/c1-6-8-10-12-16(15-18-5,14-17(3)4)13-11-9-7-2/h6-15H2,1-5H3. The second-order valence-corrected chi connectivity index (χ2v) is 6.09. The molecular weight excluding hydrogens is 222 g/mol. The molecule has 0 aliphatic heterocycles. The Labute approximate surface area is 115 Å². The molecule has 0 rings (SSSR count). The van der Waals surface area contributed by atoms with Crippen LogP contribution in [0.15, 0.2) is 0 Å². The second-order valence-electron chi connectivity index (χ2n) is 6.09. The van der Waals surface area contributed by atoms with Crippen molar-refractivity contribution in [2.24, 2.45) is 5.41 Å². The van der Waals surface area contributed by atoms with E-state index in [1.807, 2.05) is 7.11 Å². The number of hydrogen-bond acceptors (Lipinski definition) is 2. The highest BCUT2D eigenvalue weighted by Crippen LogP contribution is 2.32. The topological polar surface area (TPSA) is 12.5 Å². The molecule has 0 radical (unpaired) electrons. The maximum absolute atomic E-state index is 5.54. The Kier molecular flexibility index (Phi) is 10.8. The van der Waals surface area contributed by atoms with Crippen molar-refractivity contribution in [3.8, 4) is 0 Å². The van der Waals surface area contributed by atoms with Gasteiger partial charge in [-0.2, -0.15) is 0 Å². The summed E-state index contributed by atoms with van der Waals surface area (Å²) in [5, 5.41) is 0. The first kappa shape index (κ1) is 17.9. The molecule has 0 saturated heterocycles. The Hall–Kier alpha value is -0.0800. The highest BCUT2D eigenvalue weighted by Gasteiger charge is 2.29. The minimum Gasteiger partial charge on any atom is -0.384 e. The van der Waals surface area contributed by atoms with Crippen LogP contribution in [0.3, 0.4) is 0 Å². The zero-order chi connectivity index (χ0) is 13.9. The number of hydrogen-bond donors (Lipinski definition) is 0. The molecule has 0 saturated carbocycles. The highest BCUT2D eigenvalue weighted by atomic mass is 16.5. The molecule has 0 aliphatic carbocycles. The molecule has 0 aromatic carbocycles. The summed E-state index contributed by atoms with van der Waals surface area (Å²) in [7, 11) is 6.22. The Bertz CT molecular complexity index is 170. The summed E-state index contributed by atoms with van der Waals surface area (Å²) in [5.74, 6) is 0. The van der Waals surface area contributed by atoms with Crippen molar-refractivity contribution in [2.45, 2.75) is 65.2 Å². The number of rotatable bonds is 12. The molecule has 0 heterocycles. The van der Waals surface area contributed by atoms with Gasteiger partial charge >= 0.3 is 0 Å². The largest absolute Gasteiger partial charge is 0.384 e. The Morgan fingerprint density at radius 1 is 0.889 bits per heavy atom. The van der Waals surface area contributed by atoms with Gasteiger partial charge in [0.1, 0.15) is 0 Å². The fourth-order valence-corrected chi connectivity index (χ4v) is 2.95. The minimum atomic E-state index is 0.378. The smallest absolute Gasteiger partial charge is 0.0530 e. The molecule has 0 aliphatic rings. The predicted octanol–water partition coefficient (Wildman–Crippen LogP) is 4.34. The number of methoxy groups -OCH3 is 1. The van der Waals surface area contributed by atoms with Gasteiger partial charge in [0.2, 0.25) is 0 Å². The highest BCUT2D eigenvalue weighted by molar-refractivity contribution is 4.81. The molecular formula is C16H35NO. The molecule has 2 nitrogen and oxygen atoms in total. The van der Waals surface area contributed by atoms with Crippen LogP contribution in [0, 0.1) is 5.41 Å². The van der Waals surface area contributed by atoms with Gasteiger partial charge in [-0.05, 0) is 26.9 Å². The van der Waals surface area contributed by atoms with Crippen LogP contribution in [0.4, 0.5) is 0 Å². The van der Waals surface area contributed by atoms with Crippen molar-refractivity contribution in [2.75, 3.05) is 34.4 Å². The summed E-state index contributed by atoms with van der Waals surface area (Å²) in [6.07, 6.45) is 10.6. The molecule has 0 bridgehead atoms. The minimum absolute atomic E-state index is 0.378. The van der Waals surface area contributed by atoms with E-state index in [0.717, 1.165) is 13.2 Å². The van der Waals surface area contributed by atoms with Crippen LogP contribution in [0.2, 0.25) is 0 Å². The van der Waals surface area contributed by atoms with E-state index in [1.54, 1.807) is 0 Å². The van der Waals surface area contributed by atoms with Gasteiger partial charge < -0.3 is 9.64 Å². The van der Waals surface area contributed by atoms with Crippen molar-refractivity contribution < 1.29 is 4.74 Å². The van der Waals surface area contributed by atoms with Crippen LogP contribution in [0.5, 0.6) is 0 Å². The average Bonchev–Trinajstić information content (AvgIpc) is 2.29. The monoisotopic (exact) mass is 257 g/mol. The van der Waals surface area contributed by atoms with E-state index in [1.165, 1.54) is 51.4 Å². The fraction of sp³-hybridized carbons (Fsp3) is 1.00. The number of ether oxygens (including phenoxy) is 1. The summed E-state index contributed by atoms with van der Waals surface area (Å²) < 4.78 is 5.54. The van der Waals surface area contributed by atoms with Crippen LogP contribution in [0.1, 0.15) is 65.2 Å². The zero-order valence-electron chi connectivity index (χ0n) is 13.4. The first-order valence-electron chi connectivity index (χ1n) is 7.74. The molecule has 0 aromatic heterocycles. The number of nitrogens with zero attached hydrogens (tertiary/aromatic N) is 1. The average molecular weight is 257 g/mol. The molecule has 0 aromatic rings. The van der Waals surface area contributed by atoms with Crippen molar-refractivity contribution >= 4 is 0 Å². The first-order chi connectivity index (χ1) is 8.60. The van der Waals surface area contributed by atoms with E-state index in [-0.39, 0.29) is 0 Å². The van der Waals surface area contributed by atoms with E-state index in [9.17, 15) is 0 Å². The Balaban J connectivity index is 4.44. The third-order valence-electron chi connectivity index (χ3n) is 3.72. The van der Waals surface area contributed by atoms with Crippen LogP contribution in [-0.2, 0) is 4.74 Å². The Morgan fingerprint density at radius 2 is 1.39 bits per heavy atom. The van der Waals surface area contributed by atoms with Crippen LogP contribution < -0.4 is 0 Å². The third-order valence-corrected chi connectivity index (χ3v) is 3.72. The molecule has 0 amide bonds. The second kappa shape index (κ2) is 10.8. The van der Waals surface area contributed by atoms with E-state index < -0.39 is 0 Å². The van der Waals surface area contributed by atoms with E-state index in [0.29, 0.717) is 5.41 Å². The molecule has 0 spiro atoms. The maximum atomic E-state index is 5.54. The predicted molar refractivity (Wildman–Crippen MR) is 81.1 cm³/mol. The zero-order valence-corrected chi connectivity index (χ0v) is 13.4. The number of unbranched alkanes of at least 4 members (excludes halogenated alkanes) is 4. The fourth-order valence-electron chi connectivity index (χ4n) is 2.95. The molecule has 110 valence electrons. The van der Waals surface area contributed by atoms with Gasteiger partial charge in [0.05, 0.1) is 6.61 Å². The molecule has 0 unspecified atom stereocenters. The lowest BCUT2D eigenvalue weighted by molar-refractivity contribution is 0.0397. The molecule has 0 N–H and O–H groups in total. The quantitative estimate of drug-likeness (QED) is 0.482. The lowest BCUT2D eigenvalue weighted by Gasteiger charge is -2.36. The van der Waals surface area contributed by atoms with Gasteiger partial charge in [-0.15, -0.1) is 0 Å². The third kappa shape index (κ3) is 8.10. The normalized spacial score (nSPS) is 12.3. The van der Waals surface area contributed by atoms with Gasteiger partial charge in [-0.25, -0.2) is 0 Å². The summed E-state index contributed by atoms with van der Waals surface area (Å²) in [6, 6.07) is 0. The lowest BCUT2D eigenvalue weighted by atomic mass is 9.78. The summed E-state index contributed by atoms with van der Waals surface area (Å²) in [5.41, 5.74) is 0.378. The first-order valence-corrected chi connectivity index (χ1v) is 7.74. The van der Waals surface area contributed by atoms with Crippen LogP contribution in [0.25, 0.3) is 0 Å². The molecule has 0 fully saturated rings. The van der Waals surface area contributed by atoms with Gasteiger partial charge in [-0.1, -0.05) is 52.4 Å². The van der Waals surface area contributed by atoms with Gasteiger partial charge in [-0.3, -0.25) is 0 Å². The Morgan fingerprint density at radius 3 is 1.72 bits per heavy atom. The maximum Gasteiger partial charge on any atom is 0.0530 e. The van der Waals surface area contributed by atoms with Gasteiger partial charge in [0.15, 0.2) is 0 Å².